The van der Waals surface area contributed by atoms with Crippen LogP contribution in [0.5, 0.6) is 11.5 Å². The van der Waals surface area contributed by atoms with Crippen molar-refractivity contribution in [1.29, 1.82) is 5.26 Å². The van der Waals surface area contributed by atoms with Crippen molar-refractivity contribution in [3.63, 3.8) is 0 Å². The standard InChI is InChI=1S/C41H51N3O8/c1-3-21-50-41-36(44(2)40(48)28-15-13-27(26-42)14-16-28)25-34(43-52-37-12-6-9-22-49-37)32-23-29(10-4-7-19-45)31(11-5-8-20-46)38(39(32)41)33-24-30(47)17-18-35(33)51-41/h3,13-18,23-24,29,31,36-39,45-47H,1,4-12,19-22,25H2,2H3/t29-,31+,36-,37?,38+,39+,41+/m0/s1. The van der Waals surface area contributed by atoms with Crippen molar-refractivity contribution in [3.8, 4) is 17.6 Å². The Morgan fingerprint density at radius 2 is 1.88 bits per heavy atom. The topological polar surface area (TPSA) is 154 Å². The maximum atomic E-state index is 14.3. The highest BCUT2D eigenvalue weighted by molar-refractivity contribution is 6.03. The van der Waals surface area contributed by atoms with Gasteiger partial charge in [0, 0.05) is 50.1 Å². The van der Waals surface area contributed by atoms with Gasteiger partial charge in [0.25, 0.3) is 5.91 Å². The van der Waals surface area contributed by atoms with Crippen LogP contribution in [0.4, 0.5) is 0 Å². The van der Waals surface area contributed by atoms with Crippen LogP contribution in [0.2, 0.25) is 0 Å². The smallest absolute Gasteiger partial charge is 0.254 e. The molecule has 1 unspecified atom stereocenters. The first-order chi connectivity index (χ1) is 25.3. The van der Waals surface area contributed by atoms with E-state index in [1.807, 2.05) is 0 Å². The summed E-state index contributed by atoms with van der Waals surface area (Å²) >= 11 is 0. The van der Waals surface area contributed by atoms with E-state index in [1.54, 1.807) is 60.5 Å². The van der Waals surface area contributed by atoms with Crippen molar-refractivity contribution in [2.45, 2.75) is 88.2 Å². The molecule has 2 heterocycles. The van der Waals surface area contributed by atoms with Crippen LogP contribution in [0.3, 0.4) is 0 Å². The highest BCUT2D eigenvalue weighted by Crippen LogP contribution is 2.61. The van der Waals surface area contributed by atoms with E-state index in [4.69, 9.17) is 24.2 Å². The molecule has 11 heteroatoms. The van der Waals surface area contributed by atoms with Crippen molar-refractivity contribution in [2.75, 3.05) is 33.5 Å². The maximum absolute atomic E-state index is 14.3. The highest BCUT2D eigenvalue weighted by atomic mass is 16.8. The molecule has 2 aromatic carbocycles. The number of rotatable bonds is 15. The van der Waals surface area contributed by atoms with Gasteiger partial charge in [0.15, 0.2) is 0 Å². The van der Waals surface area contributed by atoms with Crippen molar-refractivity contribution in [2.24, 2.45) is 22.9 Å². The third-order valence-electron chi connectivity index (χ3n) is 11.1. The molecule has 6 rings (SSSR count). The molecule has 0 aromatic heterocycles. The number of benzene rings is 2. The lowest BCUT2D eigenvalue weighted by Gasteiger charge is -2.59. The normalized spacial score (nSPS) is 28.4. The summed E-state index contributed by atoms with van der Waals surface area (Å²) in [5.74, 6) is -1.53. The van der Waals surface area contributed by atoms with Gasteiger partial charge in [-0.15, -0.1) is 6.58 Å². The molecule has 7 atom stereocenters. The summed E-state index contributed by atoms with van der Waals surface area (Å²) in [4.78, 5) is 22.1. The number of likely N-dealkylation sites (N-methyl/N-ethyl adjacent to an activating group) is 1. The van der Waals surface area contributed by atoms with Gasteiger partial charge in [-0.2, -0.15) is 5.26 Å². The molecule has 2 aliphatic carbocycles. The summed E-state index contributed by atoms with van der Waals surface area (Å²) in [7, 11) is 1.74. The van der Waals surface area contributed by atoms with Crippen LogP contribution in [0.25, 0.3) is 0 Å². The summed E-state index contributed by atoms with van der Waals surface area (Å²) in [6, 6.07) is 13.1. The monoisotopic (exact) mass is 713 g/mol. The SMILES string of the molecule is C=CCO[C@@]12Oc3ccc(O)cc3[C@H]3[C@H](CCCCO)[C@@H](CCCCO)C=C(C(=NOC4CCCCO4)C[C@@H]1N(C)C(=O)c1ccc(C#N)cc1)[C@H]32. The van der Waals surface area contributed by atoms with Gasteiger partial charge in [-0.1, -0.05) is 30.1 Å². The van der Waals surface area contributed by atoms with E-state index in [0.29, 0.717) is 42.0 Å². The van der Waals surface area contributed by atoms with Gasteiger partial charge in [0.05, 0.1) is 36.5 Å². The summed E-state index contributed by atoms with van der Waals surface area (Å²) in [6.07, 6.45) is 11.0. The van der Waals surface area contributed by atoms with Gasteiger partial charge in [-0.25, -0.2) is 0 Å². The highest BCUT2D eigenvalue weighted by Gasteiger charge is 2.65. The third kappa shape index (κ3) is 7.62. The van der Waals surface area contributed by atoms with Gasteiger partial charge >= 0.3 is 0 Å². The van der Waals surface area contributed by atoms with E-state index < -0.39 is 24.0 Å². The number of phenolic OH excluding ortho intramolecular Hbond substituents is 1. The number of nitrogens with zero attached hydrogens (tertiary/aromatic N) is 3. The Morgan fingerprint density at radius 1 is 1.12 bits per heavy atom. The molecule has 2 fully saturated rings. The van der Waals surface area contributed by atoms with E-state index in [9.17, 15) is 25.4 Å². The fraction of sp³-hybridized carbons (Fsp3) is 0.537. The van der Waals surface area contributed by atoms with Gasteiger partial charge in [0.2, 0.25) is 12.1 Å². The van der Waals surface area contributed by atoms with Crippen LogP contribution in [0.15, 0.2) is 71.9 Å². The number of carbonyl (C=O) groups excluding carboxylic acids is 1. The molecule has 278 valence electrons. The zero-order chi connectivity index (χ0) is 36.7. The second kappa shape index (κ2) is 17.1. The number of oxime groups is 1. The number of allylic oxidation sites excluding steroid dienone is 1. The first-order valence-corrected chi connectivity index (χ1v) is 18.7. The van der Waals surface area contributed by atoms with E-state index in [1.165, 1.54) is 0 Å². The predicted octanol–water partition coefficient (Wildman–Crippen LogP) is 6.20. The first kappa shape index (κ1) is 37.5. The van der Waals surface area contributed by atoms with Gasteiger partial charge in [0.1, 0.15) is 17.5 Å². The fourth-order valence-electron chi connectivity index (χ4n) is 8.69. The lowest BCUT2D eigenvalue weighted by Crippen LogP contribution is -2.69. The van der Waals surface area contributed by atoms with Crippen molar-refractivity contribution in [3.05, 3.63) is 83.5 Å². The summed E-state index contributed by atoms with van der Waals surface area (Å²) < 4.78 is 19.8. The van der Waals surface area contributed by atoms with Crippen LogP contribution in [-0.4, -0.2) is 83.4 Å². The molecule has 11 nitrogen and oxygen atoms in total. The minimum absolute atomic E-state index is 0.0530. The number of aliphatic hydroxyl groups excluding tert-OH is 2. The van der Waals surface area contributed by atoms with Crippen LogP contribution < -0.4 is 4.74 Å². The van der Waals surface area contributed by atoms with E-state index >= 15 is 0 Å². The average Bonchev–Trinajstić information content (AvgIpc) is 3.17. The molecule has 0 spiro atoms. The molecular formula is C41H51N3O8. The Balaban J connectivity index is 1.54. The maximum Gasteiger partial charge on any atom is 0.254 e. The predicted molar refractivity (Wildman–Crippen MR) is 195 cm³/mol. The Kier molecular flexibility index (Phi) is 12.3. The number of phenols is 1. The van der Waals surface area contributed by atoms with Crippen molar-refractivity contribution in [1.82, 2.24) is 4.90 Å². The Morgan fingerprint density at radius 3 is 2.58 bits per heavy atom. The number of ether oxygens (including phenoxy) is 3. The number of hydrogen-bond donors (Lipinski definition) is 3. The Bertz CT molecular complexity index is 1660. The zero-order valence-electron chi connectivity index (χ0n) is 30.0. The van der Waals surface area contributed by atoms with Gasteiger partial charge in [-0.3, -0.25) is 4.79 Å². The molecule has 52 heavy (non-hydrogen) atoms. The lowest BCUT2D eigenvalue weighted by atomic mass is 9.55. The molecule has 2 aromatic rings. The molecule has 4 aliphatic rings. The number of nitriles is 1. The molecule has 1 amide bonds. The van der Waals surface area contributed by atoms with E-state index in [2.05, 4.69) is 18.7 Å². The number of fused-ring (bicyclic) bond motifs is 2. The van der Waals surface area contributed by atoms with Gasteiger partial charge in [-0.05, 0) is 98.4 Å². The first-order valence-electron chi connectivity index (χ1n) is 18.7. The average molecular weight is 714 g/mol. The quantitative estimate of drug-likeness (QED) is 0.111. The zero-order valence-corrected chi connectivity index (χ0v) is 30.0. The van der Waals surface area contributed by atoms with E-state index in [-0.39, 0.29) is 55.7 Å². The fourth-order valence-corrected chi connectivity index (χ4v) is 8.69. The van der Waals surface area contributed by atoms with Gasteiger partial charge < -0.3 is 39.3 Å². The Hall–Kier alpha value is -4.21. The minimum atomic E-state index is -1.39. The number of aliphatic hydroxyl groups is 2. The largest absolute Gasteiger partial charge is 0.508 e. The summed E-state index contributed by atoms with van der Waals surface area (Å²) in [5, 5.41) is 44.6. The number of unbranched alkanes of at least 4 members (excludes halogenated alkanes) is 2. The third-order valence-corrected chi connectivity index (χ3v) is 11.1. The Labute approximate surface area is 306 Å². The van der Waals surface area contributed by atoms with Crippen molar-refractivity contribution >= 4 is 11.6 Å². The minimum Gasteiger partial charge on any atom is -0.508 e. The number of aromatic hydroxyl groups is 1. The summed E-state index contributed by atoms with van der Waals surface area (Å²) in [5.41, 5.74) is 3.32. The molecule has 0 radical (unpaired) electrons. The van der Waals surface area contributed by atoms with Crippen LogP contribution >= 0.6 is 0 Å². The van der Waals surface area contributed by atoms with Crippen molar-refractivity contribution < 1.29 is 39.2 Å². The number of carbonyl (C=O) groups is 1. The van der Waals surface area contributed by atoms with E-state index in [0.717, 1.165) is 56.1 Å². The summed E-state index contributed by atoms with van der Waals surface area (Å²) in [6.45, 7) is 4.90. The van der Waals surface area contributed by atoms with Crippen LogP contribution in [0, 0.1) is 29.1 Å². The second-order valence-corrected chi connectivity index (χ2v) is 14.3. The molecular weight excluding hydrogens is 662 g/mol. The van der Waals surface area contributed by atoms with Crippen LogP contribution in [-0.2, 0) is 14.3 Å². The molecule has 1 saturated carbocycles. The number of hydrogen-bond acceptors (Lipinski definition) is 10. The molecule has 3 N–H and O–H groups in total. The number of amides is 1. The van der Waals surface area contributed by atoms with Crippen LogP contribution in [0.1, 0.15) is 91.6 Å². The molecule has 0 bridgehead atoms. The molecule has 2 aliphatic heterocycles. The molecule has 1 saturated heterocycles. The lowest BCUT2D eigenvalue weighted by molar-refractivity contribution is -0.252. The second-order valence-electron chi connectivity index (χ2n) is 14.3.